The van der Waals surface area contributed by atoms with Gasteiger partial charge in [-0.15, -0.1) is 9.45 Å². The lowest BCUT2D eigenvalue weighted by atomic mass is 10.1. The van der Waals surface area contributed by atoms with Crippen LogP contribution in [0.5, 0.6) is 5.75 Å². The second-order valence-corrected chi connectivity index (χ2v) is 19.0. The summed E-state index contributed by atoms with van der Waals surface area (Å²) in [4.78, 5) is 11.9. The standard InChI is InChI=1S/C33H28N8O16S5/c42-30-27-18-23(8-7-19(27)15-28(58-57-56-43)29(30)41-40-20-9-11-24(12-10-20)59(44,45)14-13-55-62(52,53)54)36-33-38-31(34-21-3-1-5-25(16-21)60(46,47)48)37-32(39-33)35-22-4-2-6-26(17-22)61(49,50)51/h1-12,15-18,42-43H,13-14H2,(H,46,47,48)(H,49,50,51)(H,52,53,54)(H3,34,35,36,37,38,39). The molecule has 62 heavy (non-hydrogen) atoms. The molecule has 29 heteroatoms. The van der Waals surface area contributed by atoms with Gasteiger partial charge in [0.2, 0.25) is 17.8 Å². The highest BCUT2D eigenvalue weighted by Crippen LogP contribution is 2.45. The van der Waals surface area contributed by atoms with Crippen LogP contribution in [0.15, 0.2) is 127 Å². The topological polar surface area (TPSA) is 365 Å². The van der Waals surface area contributed by atoms with E-state index in [0.717, 1.165) is 36.4 Å². The Labute approximate surface area is 355 Å². The highest BCUT2D eigenvalue weighted by atomic mass is 32.3. The summed E-state index contributed by atoms with van der Waals surface area (Å²) in [5.74, 6) is -1.75. The number of hydrogen-bond acceptors (Lipinski definition) is 22. The lowest BCUT2D eigenvalue weighted by Gasteiger charge is -2.13. The average Bonchev–Trinajstić information content (AvgIpc) is 3.19. The van der Waals surface area contributed by atoms with Crippen LogP contribution in [0, 0.1) is 0 Å². The van der Waals surface area contributed by atoms with Crippen molar-refractivity contribution in [3.8, 4) is 5.75 Å². The molecule has 0 unspecified atom stereocenters. The van der Waals surface area contributed by atoms with Crippen LogP contribution in [0.4, 0.5) is 46.3 Å². The Morgan fingerprint density at radius 1 is 0.629 bits per heavy atom. The van der Waals surface area contributed by atoms with Gasteiger partial charge >= 0.3 is 10.4 Å². The molecule has 1 aromatic heterocycles. The van der Waals surface area contributed by atoms with Gasteiger partial charge in [-0.1, -0.05) is 23.2 Å². The van der Waals surface area contributed by atoms with Gasteiger partial charge in [-0.3, -0.25) is 13.7 Å². The third-order valence-corrected chi connectivity index (χ3v) is 12.4. The highest BCUT2D eigenvalue weighted by molar-refractivity contribution is 7.94. The fourth-order valence-electron chi connectivity index (χ4n) is 5.23. The van der Waals surface area contributed by atoms with Gasteiger partial charge in [-0.2, -0.15) is 45.3 Å². The van der Waals surface area contributed by atoms with Gasteiger partial charge in [0, 0.05) is 22.4 Å². The molecule has 0 aliphatic heterocycles. The first kappa shape index (κ1) is 45.6. The van der Waals surface area contributed by atoms with Crippen molar-refractivity contribution in [3.05, 3.63) is 97.1 Å². The second-order valence-electron chi connectivity index (χ2n) is 12.2. The van der Waals surface area contributed by atoms with Gasteiger partial charge in [-0.05, 0) is 84.2 Å². The van der Waals surface area contributed by atoms with Crippen LogP contribution in [0.3, 0.4) is 0 Å². The Morgan fingerprint density at radius 3 is 1.66 bits per heavy atom. The van der Waals surface area contributed by atoms with Gasteiger partial charge in [0.15, 0.2) is 15.6 Å². The van der Waals surface area contributed by atoms with Crippen molar-refractivity contribution < 1.29 is 71.2 Å². The summed E-state index contributed by atoms with van der Waals surface area (Å²) in [6.07, 6.45) is 0. The largest absolute Gasteiger partial charge is 0.505 e. The molecule has 8 N–H and O–H groups in total. The molecule has 0 spiro atoms. The van der Waals surface area contributed by atoms with Crippen LogP contribution in [0.25, 0.3) is 10.8 Å². The normalized spacial score (nSPS) is 12.5. The van der Waals surface area contributed by atoms with Crippen LogP contribution in [0.1, 0.15) is 0 Å². The number of sulfone groups is 1. The number of benzene rings is 5. The zero-order chi connectivity index (χ0) is 44.9. The molecule has 24 nitrogen and oxygen atoms in total. The van der Waals surface area contributed by atoms with E-state index in [0.29, 0.717) is 17.4 Å². The van der Waals surface area contributed by atoms with E-state index in [2.05, 4.69) is 54.7 Å². The second kappa shape index (κ2) is 18.6. The summed E-state index contributed by atoms with van der Waals surface area (Å²) in [5, 5.41) is 41.3. The summed E-state index contributed by atoms with van der Waals surface area (Å²) >= 11 is 0.453. The van der Waals surface area contributed by atoms with Crippen LogP contribution < -0.4 is 16.0 Å². The highest BCUT2D eigenvalue weighted by Gasteiger charge is 2.19. The fraction of sp³-hybridized carbons (Fsp3) is 0.0606. The number of azo groups is 1. The SMILES string of the molecule is O=S(=O)(O)OCCS(=O)(=O)c1ccc(N=Nc2c(SOOO)cc3ccc(Nc4nc(Nc5cccc(S(=O)(=O)O)c5)nc(Nc5cccc(S(=O)(=O)O)c5)n4)cc3c2O)cc1. The molecule has 0 atom stereocenters. The van der Waals surface area contributed by atoms with Gasteiger partial charge in [-0.25, -0.2) is 17.9 Å². The fourth-order valence-corrected chi connectivity index (χ4v) is 8.26. The third-order valence-electron chi connectivity index (χ3n) is 7.92. The quantitative estimate of drug-likeness (QED) is 0.0164. The van der Waals surface area contributed by atoms with Crippen molar-refractivity contribution in [1.82, 2.24) is 15.0 Å². The molecule has 0 saturated heterocycles. The Kier molecular flexibility index (Phi) is 13.6. The number of rotatable bonds is 18. The Hall–Kier alpha value is -5.96. The number of anilines is 6. The van der Waals surface area contributed by atoms with E-state index in [4.69, 9.17) is 9.81 Å². The maximum atomic E-state index is 12.6. The molecular weight excluding hydrogens is 925 g/mol. The van der Waals surface area contributed by atoms with E-state index < -0.39 is 68.4 Å². The summed E-state index contributed by atoms with van der Waals surface area (Å²) in [6.45, 7) is -0.832. The number of aromatic nitrogens is 3. The number of hydrogen-bond donors (Lipinski definition) is 8. The molecule has 1 heterocycles. The summed E-state index contributed by atoms with van der Waals surface area (Å²) in [6, 6.07) is 21.0. The lowest BCUT2D eigenvalue weighted by molar-refractivity contribution is -0.432. The third kappa shape index (κ3) is 12.1. The predicted octanol–water partition coefficient (Wildman–Crippen LogP) is 5.89. The number of phenolic OH excluding ortho intramolecular Hbond substituents is 1. The summed E-state index contributed by atoms with van der Waals surface area (Å²) in [7, 11) is -18.1. The van der Waals surface area contributed by atoms with E-state index in [-0.39, 0.29) is 61.5 Å². The number of phenols is 1. The number of nitrogens with zero attached hydrogens (tertiary/aromatic N) is 5. The molecule has 0 aliphatic rings. The van der Waals surface area contributed by atoms with E-state index in [1.54, 1.807) is 12.1 Å². The summed E-state index contributed by atoms with van der Waals surface area (Å²) < 4.78 is 130. The van der Waals surface area contributed by atoms with Crippen molar-refractivity contribution in [1.29, 1.82) is 0 Å². The molecular formula is C33H28N8O16S5. The zero-order valence-electron chi connectivity index (χ0n) is 30.7. The number of nitrogens with one attached hydrogen (secondary N) is 3. The van der Waals surface area contributed by atoms with Gasteiger partial charge in [0.1, 0.15) is 5.69 Å². The number of aromatic hydroxyl groups is 1. The molecule has 0 fully saturated rings. The molecule has 0 bridgehead atoms. The van der Waals surface area contributed by atoms with E-state index in [9.17, 15) is 47.9 Å². The Balaban J connectivity index is 1.33. The van der Waals surface area contributed by atoms with Crippen LogP contribution in [0.2, 0.25) is 0 Å². The monoisotopic (exact) mass is 952 g/mol. The van der Waals surface area contributed by atoms with Crippen LogP contribution in [-0.4, -0.2) is 85.0 Å². The molecule has 6 rings (SSSR count). The first-order valence-electron chi connectivity index (χ1n) is 16.7. The molecule has 0 amide bonds. The predicted molar refractivity (Wildman–Crippen MR) is 219 cm³/mol. The Bertz CT molecular complexity index is 3050. The minimum absolute atomic E-state index is 0.0894. The molecule has 6 aromatic rings. The maximum Gasteiger partial charge on any atom is 0.397 e. The van der Waals surface area contributed by atoms with E-state index in [1.165, 1.54) is 48.5 Å². The van der Waals surface area contributed by atoms with Crippen molar-refractivity contribution >= 4 is 110 Å². The first-order chi connectivity index (χ1) is 29.2. The summed E-state index contributed by atoms with van der Waals surface area (Å²) in [5.41, 5.74) is 0.412. The molecule has 0 aliphatic carbocycles. The minimum atomic E-state index is -4.85. The minimum Gasteiger partial charge on any atom is -0.505 e. The first-order valence-corrected chi connectivity index (χ1v) is 23.3. The zero-order valence-corrected chi connectivity index (χ0v) is 34.7. The number of fused-ring (bicyclic) bond motifs is 1. The van der Waals surface area contributed by atoms with Gasteiger partial charge < -0.3 is 21.1 Å². The van der Waals surface area contributed by atoms with Crippen molar-refractivity contribution in [2.45, 2.75) is 19.6 Å². The van der Waals surface area contributed by atoms with Crippen molar-refractivity contribution in [2.75, 3.05) is 28.3 Å². The van der Waals surface area contributed by atoms with Gasteiger partial charge in [0.25, 0.3) is 20.2 Å². The van der Waals surface area contributed by atoms with Gasteiger partial charge in [0.05, 0.1) is 49.7 Å². The van der Waals surface area contributed by atoms with Crippen molar-refractivity contribution in [2.24, 2.45) is 10.2 Å². The van der Waals surface area contributed by atoms with Crippen LogP contribution >= 0.6 is 12.0 Å². The Morgan fingerprint density at radius 2 is 1.16 bits per heavy atom. The smallest absolute Gasteiger partial charge is 0.397 e. The lowest BCUT2D eigenvalue weighted by Crippen LogP contribution is -2.15. The maximum absolute atomic E-state index is 12.6. The van der Waals surface area contributed by atoms with Crippen LogP contribution in [-0.2, 0) is 54.0 Å². The molecule has 326 valence electrons. The van der Waals surface area contributed by atoms with E-state index in [1.807, 2.05) is 0 Å². The molecule has 0 saturated carbocycles. The van der Waals surface area contributed by atoms with E-state index >= 15 is 0 Å². The molecule has 5 aromatic carbocycles. The average molecular weight is 953 g/mol. The van der Waals surface area contributed by atoms with Crippen molar-refractivity contribution in [3.63, 3.8) is 0 Å². The molecule has 0 radical (unpaired) electrons.